The van der Waals surface area contributed by atoms with Gasteiger partial charge in [-0.25, -0.2) is 13.2 Å². The van der Waals surface area contributed by atoms with E-state index in [4.69, 9.17) is 4.74 Å². The van der Waals surface area contributed by atoms with E-state index in [0.717, 1.165) is 32.1 Å². The first-order valence-electron chi connectivity index (χ1n) is 15.9. The number of alkyl carbamates (subject to hydrolysis) is 1. The Labute approximate surface area is 236 Å². The summed E-state index contributed by atoms with van der Waals surface area (Å²) in [6, 6.07) is -0.120. The normalized spacial score (nSPS) is 46.4. The number of hydrogen-bond acceptors (Lipinski definition) is 6. The van der Waals surface area contributed by atoms with Crippen LogP contribution in [0.25, 0.3) is 0 Å². The predicted octanol–water partition coefficient (Wildman–Crippen LogP) is 4.94. The quantitative estimate of drug-likeness (QED) is 0.419. The van der Waals surface area contributed by atoms with Crippen LogP contribution in [0.1, 0.15) is 98.3 Å². The van der Waals surface area contributed by atoms with Gasteiger partial charge in [-0.3, -0.25) is 0 Å². The monoisotopic (exact) mass is 567 g/mol. The minimum absolute atomic E-state index is 0.120. The van der Waals surface area contributed by atoms with E-state index in [1.54, 1.807) is 0 Å². The standard InChI is InChI=1S/C31H53NO6S/c1-5-22-26-18-21(33)8-13-31(26,4)25-9-14-30(3)23(6-7-24(30)27(25)28(22)34)19(2)10-15-38-29(35)32-20-11-16-39(36,37)17-12-20/h19-28,33-34H,5-18H2,1-4H3,(H,32,35)/t19-,21-,22-,23-,24+,25+,26+,27+,28-,30-,31-/m1/s1. The Morgan fingerprint density at radius 2 is 1.64 bits per heavy atom. The predicted molar refractivity (Wildman–Crippen MR) is 152 cm³/mol. The Balaban J connectivity index is 1.19. The number of carbonyl (C=O) groups is 1. The molecular formula is C31H53NO6S. The fourth-order valence-corrected chi connectivity index (χ4v) is 12.2. The van der Waals surface area contributed by atoms with Gasteiger partial charge >= 0.3 is 6.09 Å². The number of rotatable bonds is 6. The molecule has 4 saturated carbocycles. The van der Waals surface area contributed by atoms with Crippen molar-refractivity contribution in [3.05, 3.63) is 0 Å². The van der Waals surface area contributed by atoms with Crippen molar-refractivity contribution in [2.24, 2.45) is 52.3 Å². The first-order chi connectivity index (χ1) is 18.4. The molecule has 224 valence electrons. The van der Waals surface area contributed by atoms with Gasteiger partial charge in [-0.2, -0.15) is 0 Å². The molecule has 0 aromatic carbocycles. The molecule has 5 rings (SSSR count). The van der Waals surface area contributed by atoms with Crippen molar-refractivity contribution in [2.45, 2.75) is 117 Å². The van der Waals surface area contributed by atoms with Crippen molar-refractivity contribution in [2.75, 3.05) is 18.1 Å². The molecule has 7 nitrogen and oxygen atoms in total. The summed E-state index contributed by atoms with van der Waals surface area (Å²) in [5.74, 6) is 3.38. The van der Waals surface area contributed by atoms with Gasteiger partial charge in [0.1, 0.15) is 9.84 Å². The summed E-state index contributed by atoms with van der Waals surface area (Å²) < 4.78 is 28.8. The number of carbonyl (C=O) groups excluding carboxylic acids is 1. The molecule has 0 aromatic heterocycles. The molecule has 1 amide bonds. The highest BCUT2D eigenvalue weighted by Gasteiger charge is 2.64. The van der Waals surface area contributed by atoms with E-state index in [9.17, 15) is 23.4 Å². The van der Waals surface area contributed by atoms with Crippen molar-refractivity contribution in [1.29, 1.82) is 0 Å². The second-order valence-corrected chi connectivity index (χ2v) is 16.9. The second kappa shape index (κ2) is 11.1. The molecule has 0 bridgehead atoms. The van der Waals surface area contributed by atoms with Gasteiger partial charge in [-0.15, -0.1) is 0 Å². The van der Waals surface area contributed by atoms with Crippen LogP contribution in [0.3, 0.4) is 0 Å². The molecule has 5 aliphatic rings. The van der Waals surface area contributed by atoms with Gasteiger partial charge in [0.05, 0.1) is 30.3 Å². The Morgan fingerprint density at radius 1 is 0.974 bits per heavy atom. The van der Waals surface area contributed by atoms with Crippen LogP contribution in [0.15, 0.2) is 0 Å². The van der Waals surface area contributed by atoms with Crippen molar-refractivity contribution in [1.82, 2.24) is 5.32 Å². The number of ether oxygens (including phenoxy) is 1. The van der Waals surface area contributed by atoms with Gasteiger partial charge in [0.15, 0.2) is 0 Å². The summed E-state index contributed by atoms with van der Waals surface area (Å²) in [6.45, 7) is 9.89. The Hall–Kier alpha value is -0.860. The molecule has 3 N–H and O–H groups in total. The molecule has 4 aliphatic carbocycles. The number of aliphatic hydroxyl groups excluding tert-OH is 2. The molecule has 11 atom stereocenters. The van der Waals surface area contributed by atoms with Gasteiger partial charge in [0.2, 0.25) is 0 Å². The maximum absolute atomic E-state index is 12.4. The van der Waals surface area contributed by atoms with Gasteiger partial charge in [0, 0.05) is 6.04 Å². The molecule has 5 fully saturated rings. The molecule has 0 spiro atoms. The third kappa shape index (κ3) is 5.40. The van der Waals surface area contributed by atoms with Crippen molar-refractivity contribution >= 4 is 15.9 Å². The second-order valence-electron chi connectivity index (χ2n) is 14.6. The largest absolute Gasteiger partial charge is 0.450 e. The van der Waals surface area contributed by atoms with Crippen LogP contribution < -0.4 is 5.32 Å². The SMILES string of the molecule is CC[C@H]1[C@@H](O)[C@@H]2[C@H](CC[C@]3(C)[C@@H]([C@H](C)CCOC(=O)NC4CCS(=O)(=O)CC4)CC[C@@H]23)[C@@]2(C)CC[C@@H](O)C[C@@H]12. The van der Waals surface area contributed by atoms with Crippen molar-refractivity contribution in [3.8, 4) is 0 Å². The summed E-state index contributed by atoms with van der Waals surface area (Å²) in [7, 11) is -2.95. The lowest BCUT2D eigenvalue weighted by molar-refractivity contribution is -0.203. The number of fused-ring (bicyclic) bond motifs is 5. The van der Waals surface area contributed by atoms with E-state index in [1.165, 1.54) is 25.7 Å². The Morgan fingerprint density at radius 3 is 2.33 bits per heavy atom. The fourth-order valence-electron chi connectivity index (χ4n) is 10.7. The highest BCUT2D eigenvalue weighted by molar-refractivity contribution is 7.91. The number of amides is 1. The van der Waals surface area contributed by atoms with E-state index in [-0.39, 0.29) is 46.5 Å². The summed E-state index contributed by atoms with van der Waals surface area (Å²) in [5, 5.41) is 25.2. The number of sulfone groups is 1. The van der Waals surface area contributed by atoms with Crippen LogP contribution in [-0.2, 0) is 14.6 Å². The lowest BCUT2D eigenvalue weighted by Crippen LogP contribution is -2.62. The highest BCUT2D eigenvalue weighted by Crippen LogP contribution is 2.69. The third-order valence-electron chi connectivity index (χ3n) is 12.8. The van der Waals surface area contributed by atoms with Crippen molar-refractivity contribution < 1.29 is 28.2 Å². The lowest BCUT2D eigenvalue weighted by Gasteiger charge is -2.64. The molecule has 0 unspecified atom stereocenters. The van der Waals surface area contributed by atoms with Crippen LogP contribution in [0.4, 0.5) is 4.79 Å². The minimum Gasteiger partial charge on any atom is -0.450 e. The van der Waals surface area contributed by atoms with Gasteiger partial charge in [0.25, 0.3) is 0 Å². The van der Waals surface area contributed by atoms with Crippen LogP contribution in [0.5, 0.6) is 0 Å². The summed E-state index contributed by atoms with van der Waals surface area (Å²) in [6.07, 6.45) is 9.38. The maximum atomic E-state index is 12.4. The highest BCUT2D eigenvalue weighted by atomic mass is 32.2. The van der Waals surface area contributed by atoms with Crippen LogP contribution in [0, 0.1) is 52.3 Å². The van der Waals surface area contributed by atoms with Gasteiger partial charge in [-0.05, 0) is 116 Å². The molecular weight excluding hydrogens is 514 g/mol. The average molecular weight is 568 g/mol. The molecule has 1 saturated heterocycles. The topological polar surface area (TPSA) is 113 Å². The third-order valence-corrected chi connectivity index (χ3v) is 14.5. The number of hydrogen-bond donors (Lipinski definition) is 3. The maximum Gasteiger partial charge on any atom is 0.407 e. The zero-order chi connectivity index (χ0) is 28.2. The van der Waals surface area contributed by atoms with E-state index in [0.29, 0.717) is 55.0 Å². The summed E-state index contributed by atoms with van der Waals surface area (Å²) in [5.41, 5.74) is 0.422. The van der Waals surface area contributed by atoms with Gasteiger partial charge < -0.3 is 20.3 Å². The van der Waals surface area contributed by atoms with E-state index < -0.39 is 15.9 Å². The molecule has 39 heavy (non-hydrogen) atoms. The van der Waals surface area contributed by atoms with Crippen molar-refractivity contribution in [3.63, 3.8) is 0 Å². The molecule has 1 heterocycles. The Kier molecular flexibility index (Phi) is 8.42. The zero-order valence-electron chi connectivity index (χ0n) is 24.6. The molecule has 0 aromatic rings. The lowest BCUT2D eigenvalue weighted by atomic mass is 9.41. The summed E-state index contributed by atoms with van der Waals surface area (Å²) in [4.78, 5) is 12.4. The molecule has 0 radical (unpaired) electrons. The van der Waals surface area contributed by atoms with Crippen LogP contribution in [0.2, 0.25) is 0 Å². The smallest absolute Gasteiger partial charge is 0.407 e. The van der Waals surface area contributed by atoms with E-state index in [1.807, 2.05) is 0 Å². The Bertz CT molecular complexity index is 989. The van der Waals surface area contributed by atoms with Gasteiger partial charge in [-0.1, -0.05) is 34.1 Å². The first-order valence-corrected chi connectivity index (χ1v) is 17.7. The number of aliphatic hydroxyl groups is 2. The number of nitrogens with one attached hydrogen (secondary N) is 1. The molecule has 8 heteroatoms. The van der Waals surface area contributed by atoms with Crippen LogP contribution in [-0.4, -0.2) is 61.1 Å². The average Bonchev–Trinajstić information content (AvgIpc) is 3.24. The summed E-state index contributed by atoms with van der Waals surface area (Å²) >= 11 is 0. The van der Waals surface area contributed by atoms with E-state index in [2.05, 4.69) is 33.0 Å². The zero-order valence-corrected chi connectivity index (χ0v) is 25.4. The fraction of sp³-hybridized carbons (Fsp3) is 0.968. The van der Waals surface area contributed by atoms with E-state index >= 15 is 0 Å². The van der Waals surface area contributed by atoms with Crippen LogP contribution >= 0.6 is 0 Å². The molecule has 1 aliphatic heterocycles. The first kappa shape index (κ1) is 29.6. The minimum atomic E-state index is -2.95.